The number of amides is 2. The Labute approximate surface area is 119 Å². The molecule has 0 saturated carbocycles. The first-order valence-corrected chi connectivity index (χ1v) is 7.17. The van der Waals surface area contributed by atoms with Crippen molar-refractivity contribution in [1.29, 1.82) is 0 Å². The lowest BCUT2D eigenvalue weighted by Gasteiger charge is -2.26. The minimum Gasteiger partial charge on any atom is -0.395 e. The molecule has 2 amide bonds. The molecule has 1 aliphatic heterocycles. The zero-order valence-electron chi connectivity index (χ0n) is 12.1. The van der Waals surface area contributed by atoms with Gasteiger partial charge in [0.2, 0.25) is 0 Å². The van der Waals surface area contributed by atoms with Crippen LogP contribution in [0, 0.1) is 0 Å². The summed E-state index contributed by atoms with van der Waals surface area (Å²) in [5.41, 5.74) is 0. The van der Waals surface area contributed by atoms with Crippen LogP contribution in [-0.4, -0.2) is 85.8 Å². The zero-order valence-corrected chi connectivity index (χ0v) is 12.1. The third kappa shape index (κ3) is 5.85. The third-order valence-corrected chi connectivity index (χ3v) is 3.27. The highest BCUT2D eigenvalue weighted by Crippen LogP contribution is 1.97. The van der Waals surface area contributed by atoms with Crippen LogP contribution in [0.2, 0.25) is 0 Å². The van der Waals surface area contributed by atoms with Crippen molar-refractivity contribution in [2.45, 2.75) is 13.3 Å². The van der Waals surface area contributed by atoms with E-state index in [0.29, 0.717) is 13.1 Å². The number of hydrogen-bond acceptors (Lipinski definition) is 5. The Hall–Kier alpha value is -1.18. The molecule has 0 unspecified atom stereocenters. The normalized spacial score (nSPS) is 15.9. The van der Waals surface area contributed by atoms with E-state index in [-0.39, 0.29) is 13.2 Å². The van der Waals surface area contributed by atoms with E-state index in [4.69, 9.17) is 9.84 Å². The largest absolute Gasteiger partial charge is 0.395 e. The molecule has 116 valence electrons. The Kier molecular flexibility index (Phi) is 8.17. The van der Waals surface area contributed by atoms with E-state index in [1.54, 1.807) is 6.92 Å². The van der Waals surface area contributed by atoms with Crippen molar-refractivity contribution >= 4 is 11.8 Å². The van der Waals surface area contributed by atoms with Gasteiger partial charge in [0.25, 0.3) is 0 Å². The summed E-state index contributed by atoms with van der Waals surface area (Å²) in [6, 6.07) is 0. The van der Waals surface area contributed by atoms with Crippen molar-refractivity contribution in [3.8, 4) is 0 Å². The quantitative estimate of drug-likeness (QED) is 0.448. The highest BCUT2D eigenvalue weighted by atomic mass is 16.5. The number of aliphatic hydroxyl groups is 1. The van der Waals surface area contributed by atoms with Gasteiger partial charge in [0, 0.05) is 32.7 Å². The number of likely N-dealkylation sites (N-methyl/N-ethyl adjacent to an activating group) is 1. The van der Waals surface area contributed by atoms with Gasteiger partial charge in [-0.05, 0) is 19.9 Å². The van der Waals surface area contributed by atoms with E-state index >= 15 is 0 Å². The Morgan fingerprint density at radius 3 is 2.65 bits per heavy atom. The first-order valence-electron chi connectivity index (χ1n) is 7.17. The highest BCUT2D eigenvalue weighted by molar-refractivity contribution is 6.34. The van der Waals surface area contributed by atoms with Gasteiger partial charge in [-0.1, -0.05) is 0 Å². The molecule has 0 bridgehead atoms. The first-order chi connectivity index (χ1) is 9.69. The number of nitrogens with zero attached hydrogens (tertiary/aromatic N) is 2. The van der Waals surface area contributed by atoms with E-state index in [1.165, 1.54) is 4.90 Å². The Morgan fingerprint density at radius 1 is 1.35 bits per heavy atom. The van der Waals surface area contributed by atoms with E-state index < -0.39 is 11.8 Å². The lowest BCUT2D eigenvalue weighted by molar-refractivity contribution is -0.146. The molecule has 0 aromatic carbocycles. The number of ether oxygens (including phenoxy) is 1. The fraction of sp³-hybridized carbons (Fsp3) is 0.846. The number of carbonyl (C=O) groups excluding carboxylic acids is 2. The van der Waals surface area contributed by atoms with Crippen LogP contribution < -0.4 is 5.32 Å². The lowest BCUT2D eigenvalue weighted by Crippen LogP contribution is -2.45. The first kappa shape index (κ1) is 16.9. The summed E-state index contributed by atoms with van der Waals surface area (Å²) in [4.78, 5) is 27.0. The van der Waals surface area contributed by atoms with Crippen molar-refractivity contribution < 1.29 is 19.4 Å². The summed E-state index contributed by atoms with van der Waals surface area (Å²) in [7, 11) is 0. The lowest BCUT2D eigenvalue weighted by atomic mass is 10.3. The molecular weight excluding hydrogens is 262 g/mol. The van der Waals surface area contributed by atoms with Crippen LogP contribution in [0.25, 0.3) is 0 Å². The number of aliphatic hydroxyl groups excluding tert-OH is 1. The standard InChI is InChI=1S/C13H25N3O4/c1-2-16(6-9-17)13(19)12(18)14-4-3-5-15-7-10-20-11-8-15/h17H,2-11H2,1H3,(H,14,18). The SMILES string of the molecule is CCN(CCO)C(=O)C(=O)NCCCN1CCOCC1. The van der Waals surface area contributed by atoms with Crippen LogP contribution in [0.15, 0.2) is 0 Å². The van der Waals surface area contributed by atoms with Crippen molar-refractivity contribution in [2.75, 3.05) is 59.1 Å². The van der Waals surface area contributed by atoms with Gasteiger partial charge >= 0.3 is 11.8 Å². The molecule has 0 spiro atoms. The molecule has 20 heavy (non-hydrogen) atoms. The van der Waals surface area contributed by atoms with Crippen LogP contribution in [-0.2, 0) is 14.3 Å². The Balaban J connectivity index is 2.16. The maximum Gasteiger partial charge on any atom is 0.311 e. The molecule has 1 saturated heterocycles. The molecule has 7 nitrogen and oxygen atoms in total. The predicted molar refractivity (Wildman–Crippen MR) is 74.2 cm³/mol. The second-order valence-corrected chi connectivity index (χ2v) is 4.67. The molecule has 0 atom stereocenters. The fourth-order valence-corrected chi connectivity index (χ4v) is 2.07. The van der Waals surface area contributed by atoms with E-state index in [2.05, 4.69) is 10.2 Å². The van der Waals surface area contributed by atoms with Crippen molar-refractivity contribution in [3.05, 3.63) is 0 Å². The molecule has 0 aromatic heterocycles. The molecule has 1 heterocycles. The maximum atomic E-state index is 11.7. The number of nitrogens with one attached hydrogen (secondary N) is 1. The van der Waals surface area contributed by atoms with Crippen molar-refractivity contribution in [2.24, 2.45) is 0 Å². The predicted octanol–water partition coefficient (Wildman–Crippen LogP) is -1.33. The molecule has 1 fully saturated rings. The summed E-state index contributed by atoms with van der Waals surface area (Å²) in [5.74, 6) is -1.17. The van der Waals surface area contributed by atoms with Crippen LogP contribution in [0.3, 0.4) is 0 Å². The van der Waals surface area contributed by atoms with Gasteiger partial charge in [-0.25, -0.2) is 0 Å². The minimum absolute atomic E-state index is 0.135. The molecule has 1 rings (SSSR count). The summed E-state index contributed by atoms with van der Waals surface area (Å²) in [6.45, 7) is 7.00. The topological polar surface area (TPSA) is 82.1 Å². The average molecular weight is 287 g/mol. The monoisotopic (exact) mass is 287 g/mol. The van der Waals surface area contributed by atoms with Gasteiger partial charge in [-0.15, -0.1) is 0 Å². The second-order valence-electron chi connectivity index (χ2n) is 4.67. The molecule has 2 N–H and O–H groups in total. The van der Waals surface area contributed by atoms with E-state index in [1.807, 2.05) is 0 Å². The van der Waals surface area contributed by atoms with Crippen molar-refractivity contribution in [1.82, 2.24) is 15.1 Å². The number of morpholine rings is 1. The van der Waals surface area contributed by atoms with E-state index in [0.717, 1.165) is 39.3 Å². The van der Waals surface area contributed by atoms with E-state index in [9.17, 15) is 9.59 Å². The highest BCUT2D eigenvalue weighted by Gasteiger charge is 2.19. The Bertz CT molecular complexity index is 306. The molecule has 0 radical (unpaired) electrons. The number of hydrogen-bond donors (Lipinski definition) is 2. The van der Waals surface area contributed by atoms with Crippen molar-refractivity contribution in [3.63, 3.8) is 0 Å². The second kappa shape index (κ2) is 9.68. The van der Waals surface area contributed by atoms with Crippen LogP contribution in [0.4, 0.5) is 0 Å². The summed E-state index contributed by atoms with van der Waals surface area (Å²) in [6.07, 6.45) is 0.811. The smallest absolute Gasteiger partial charge is 0.311 e. The van der Waals surface area contributed by atoms with Crippen LogP contribution in [0.5, 0.6) is 0 Å². The van der Waals surface area contributed by atoms with Gasteiger partial charge < -0.3 is 20.1 Å². The minimum atomic E-state index is -0.595. The van der Waals surface area contributed by atoms with Gasteiger partial charge in [-0.3, -0.25) is 14.5 Å². The summed E-state index contributed by atoms with van der Waals surface area (Å²) in [5, 5.41) is 11.4. The average Bonchev–Trinajstić information content (AvgIpc) is 2.49. The van der Waals surface area contributed by atoms with Gasteiger partial charge in [0.05, 0.1) is 19.8 Å². The van der Waals surface area contributed by atoms with Crippen LogP contribution >= 0.6 is 0 Å². The van der Waals surface area contributed by atoms with Gasteiger partial charge in [0.1, 0.15) is 0 Å². The fourth-order valence-electron chi connectivity index (χ4n) is 2.07. The summed E-state index contributed by atoms with van der Waals surface area (Å²) >= 11 is 0. The van der Waals surface area contributed by atoms with Gasteiger partial charge in [-0.2, -0.15) is 0 Å². The third-order valence-electron chi connectivity index (χ3n) is 3.27. The van der Waals surface area contributed by atoms with Gasteiger partial charge in [0.15, 0.2) is 0 Å². The molecule has 7 heteroatoms. The molecule has 1 aliphatic rings. The van der Waals surface area contributed by atoms with Crippen LogP contribution in [0.1, 0.15) is 13.3 Å². The molecule has 0 aromatic rings. The number of carbonyl (C=O) groups is 2. The Morgan fingerprint density at radius 2 is 2.05 bits per heavy atom. The maximum absolute atomic E-state index is 11.7. The summed E-state index contributed by atoms with van der Waals surface area (Å²) < 4.78 is 5.26. The molecular formula is C13H25N3O4. The number of rotatable bonds is 7. The molecule has 0 aliphatic carbocycles. The zero-order chi connectivity index (χ0) is 14.8.